The molecule has 0 aliphatic rings. The van der Waals surface area contributed by atoms with Crippen LogP contribution >= 0.6 is 0 Å². The number of aryl methyl sites for hydroxylation is 1. The lowest BCUT2D eigenvalue weighted by Crippen LogP contribution is -2.18. The second-order valence-corrected chi connectivity index (χ2v) is 4.81. The summed E-state index contributed by atoms with van der Waals surface area (Å²) in [5.41, 5.74) is 5.46. The Morgan fingerprint density at radius 2 is 1.82 bits per heavy atom. The van der Waals surface area contributed by atoms with Gasteiger partial charge in [0.25, 0.3) is 0 Å². The molecule has 1 heterocycles. The summed E-state index contributed by atoms with van der Waals surface area (Å²) in [6, 6.07) is 4.09. The molecule has 0 saturated carbocycles. The lowest BCUT2D eigenvalue weighted by Gasteiger charge is -2.14. The van der Waals surface area contributed by atoms with E-state index in [0.29, 0.717) is 0 Å². The van der Waals surface area contributed by atoms with Gasteiger partial charge < -0.3 is 10.2 Å². The van der Waals surface area contributed by atoms with Crippen LogP contribution in [0.4, 0.5) is 0 Å². The maximum absolute atomic E-state index is 5.56. The van der Waals surface area contributed by atoms with E-state index in [2.05, 4.69) is 18.0 Å². The van der Waals surface area contributed by atoms with Crippen molar-refractivity contribution in [2.45, 2.75) is 45.6 Å². The normalized spacial score (nSPS) is 11.3. The second kappa shape index (κ2) is 8.31. The van der Waals surface area contributed by atoms with E-state index in [-0.39, 0.29) is 0 Å². The molecule has 0 aliphatic heterocycles. The Kier molecular flexibility index (Phi) is 6.97. The Labute approximate surface area is 105 Å². The van der Waals surface area contributed by atoms with Crippen LogP contribution in [0.3, 0.4) is 0 Å². The first kappa shape index (κ1) is 14.3. The quantitative estimate of drug-likeness (QED) is 0.673. The van der Waals surface area contributed by atoms with Crippen molar-refractivity contribution in [2.75, 3.05) is 20.1 Å². The number of rotatable bonds is 9. The van der Waals surface area contributed by atoms with Crippen LogP contribution in [0.1, 0.15) is 43.6 Å². The van der Waals surface area contributed by atoms with Crippen molar-refractivity contribution >= 4 is 0 Å². The molecule has 1 rings (SSSR count). The zero-order valence-electron chi connectivity index (χ0n) is 11.2. The molecule has 0 spiro atoms. The Morgan fingerprint density at radius 3 is 2.47 bits per heavy atom. The number of hydrogen-bond acceptors (Lipinski definition) is 3. The van der Waals surface area contributed by atoms with Crippen LogP contribution in [0.15, 0.2) is 16.5 Å². The van der Waals surface area contributed by atoms with Crippen molar-refractivity contribution in [3.63, 3.8) is 0 Å². The number of hydrogen-bond donors (Lipinski definition) is 1. The summed E-state index contributed by atoms with van der Waals surface area (Å²) >= 11 is 0. The van der Waals surface area contributed by atoms with E-state index in [1.165, 1.54) is 32.1 Å². The first-order valence-corrected chi connectivity index (χ1v) is 6.66. The molecular formula is C14H26N2O. The highest BCUT2D eigenvalue weighted by molar-refractivity contribution is 5.05. The van der Waals surface area contributed by atoms with Gasteiger partial charge in [0, 0.05) is 0 Å². The first-order valence-electron chi connectivity index (χ1n) is 6.66. The molecule has 98 valence electrons. The van der Waals surface area contributed by atoms with Gasteiger partial charge in [-0.25, -0.2) is 0 Å². The highest BCUT2D eigenvalue weighted by Gasteiger charge is 2.03. The summed E-state index contributed by atoms with van der Waals surface area (Å²) in [5.74, 6) is 2.06. The summed E-state index contributed by atoms with van der Waals surface area (Å²) < 4.78 is 5.56. The van der Waals surface area contributed by atoms with Gasteiger partial charge in [0.15, 0.2) is 0 Å². The molecular weight excluding hydrogens is 212 g/mol. The third-order valence-electron chi connectivity index (χ3n) is 2.97. The van der Waals surface area contributed by atoms with Crippen LogP contribution in [0.5, 0.6) is 0 Å². The minimum atomic E-state index is 0.831. The average molecular weight is 238 g/mol. The van der Waals surface area contributed by atoms with E-state index in [1.807, 2.05) is 13.0 Å². The zero-order valence-corrected chi connectivity index (χ0v) is 11.2. The zero-order chi connectivity index (χ0) is 12.5. The van der Waals surface area contributed by atoms with Crippen molar-refractivity contribution in [3.05, 3.63) is 23.7 Å². The van der Waals surface area contributed by atoms with E-state index in [0.717, 1.165) is 31.2 Å². The molecule has 3 heteroatoms. The van der Waals surface area contributed by atoms with Gasteiger partial charge in [-0.2, -0.15) is 0 Å². The van der Waals surface area contributed by atoms with Gasteiger partial charge in [0.2, 0.25) is 0 Å². The van der Waals surface area contributed by atoms with Crippen molar-refractivity contribution < 1.29 is 4.42 Å². The average Bonchev–Trinajstić information content (AvgIpc) is 2.69. The third kappa shape index (κ3) is 6.49. The second-order valence-electron chi connectivity index (χ2n) is 4.81. The number of nitrogens with zero attached hydrogens (tertiary/aromatic N) is 1. The maximum Gasteiger partial charge on any atom is 0.118 e. The molecule has 17 heavy (non-hydrogen) atoms. The minimum Gasteiger partial charge on any atom is -0.465 e. The van der Waals surface area contributed by atoms with Crippen LogP contribution in [0, 0.1) is 6.92 Å². The van der Waals surface area contributed by atoms with Gasteiger partial charge in [-0.15, -0.1) is 0 Å². The molecule has 0 amide bonds. The van der Waals surface area contributed by atoms with Crippen molar-refractivity contribution in [1.82, 2.24) is 4.90 Å². The largest absolute Gasteiger partial charge is 0.465 e. The molecule has 1 aromatic rings. The molecule has 2 N–H and O–H groups in total. The van der Waals surface area contributed by atoms with Gasteiger partial charge in [-0.3, -0.25) is 4.90 Å². The fourth-order valence-corrected chi connectivity index (χ4v) is 1.97. The van der Waals surface area contributed by atoms with E-state index >= 15 is 0 Å². The molecule has 0 aromatic carbocycles. The van der Waals surface area contributed by atoms with Crippen LogP contribution in [-0.2, 0) is 6.54 Å². The summed E-state index contributed by atoms with van der Waals surface area (Å²) in [5, 5.41) is 0. The van der Waals surface area contributed by atoms with Crippen molar-refractivity contribution in [2.24, 2.45) is 5.73 Å². The molecule has 0 fully saturated rings. The summed E-state index contributed by atoms with van der Waals surface area (Å²) in [6.45, 7) is 4.87. The van der Waals surface area contributed by atoms with E-state index < -0.39 is 0 Å². The van der Waals surface area contributed by atoms with Crippen molar-refractivity contribution in [1.29, 1.82) is 0 Å². The lowest BCUT2D eigenvalue weighted by atomic mass is 10.1. The Bertz CT molecular complexity index is 296. The van der Waals surface area contributed by atoms with Crippen LogP contribution < -0.4 is 5.73 Å². The fraction of sp³-hybridized carbons (Fsp3) is 0.714. The predicted molar refractivity (Wildman–Crippen MR) is 71.9 cm³/mol. The maximum atomic E-state index is 5.56. The Balaban J connectivity index is 2.03. The standard InChI is InChI=1S/C14H26N2O/c1-13-8-9-14(17-13)12-16(2)11-7-5-3-4-6-10-15/h8-9H,3-7,10-12,15H2,1-2H3. The van der Waals surface area contributed by atoms with Crippen molar-refractivity contribution in [3.8, 4) is 0 Å². The van der Waals surface area contributed by atoms with Crippen LogP contribution in [0.2, 0.25) is 0 Å². The first-order chi connectivity index (χ1) is 8.22. The third-order valence-corrected chi connectivity index (χ3v) is 2.97. The summed E-state index contributed by atoms with van der Waals surface area (Å²) in [7, 11) is 2.15. The molecule has 0 unspecified atom stereocenters. The van der Waals surface area contributed by atoms with Crippen LogP contribution in [0.25, 0.3) is 0 Å². The smallest absolute Gasteiger partial charge is 0.118 e. The fourth-order valence-electron chi connectivity index (χ4n) is 1.97. The predicted octanol–water partition coefficient (Wildman–Crippen LogP) is 2.93. The molecule has 0 radical (unpaired) electrons. The van der Waals surface area contributed by atoms with Gasteiger partial charge in [0.05, 0.1) is 6.54 Å². The molecule has 0 atom stereocenters. The van der Waals surface area contributed by atoms with E-state index in [9.17, 15) is 0 Å². The Morgan fingerprint density at radius 1 is 1.12 bits per heavy atom. The monoisotopic (exact) mass is 238 g/mol. The van der Waals surface area contributed by atoms with Gasteiger partial charge in [-0.1, -0.05) is 19.3 Å². The summed E-state index contributed by atoms with van der Waals surface area (Å²) in [6.07, 6.45) is 6.33. The van der Waals surface area contributed by atoms with Gasteiger partial charge in [-0.05, 0) is 52.0 Å². The highest BCUT2D eigenvalue weighted by atomic mass is 16.3. The SMILES string of the molecule is Cc1ccc(CN(C)CCCCCCCN)o1. The number of unbranched alkanes of at least 4 members (excludes halogenated alkanes) is 4. The topological polar surface area (TPSA) is 42.4 Å². The summed E-state index contributed by atoms with van der Waals surface area (Å²) in [4.78, 5) is 2.32. The van der Waals surface area contributed by atoms with E-state index in [4.69, 9.17) is 10.2 Å². The molecule has 0 bridgehead atoms. The minimum absolute atomic E-state index is 0.831. The number of furan rings is 1. The number of nitrogens with two attached hydrogens (primary N) is 1. The lowest BCUT2D eigenvalue weighted by molar-refractivity contribution is 0.285. The molecule has 0 aliphatic carbocycles. The molecule has 3 nitrogen and oxygen atoms in total. The molecule has 0 saturated heterocycles. The van der Waals surface area contributed by atoms with Gasteiger partial charge >= 0.3 is 0 Å². The van der Waals surface area contributed by atoms with Gasteiger partial charge in [0.1, 0.15) is 11.5 Å². The molecule has 1 aromatic heterocycles. The highest BCUT2D eigenvalue weighted by Crippen LogP contribution is 2.09. The van der Waals surface area contributed by atoms with Crippen LogP contribution in [-0.4, -0.2) is 25.0 Å². The Hall–Kier alpha value is -0.800. The van der Waals surface area contributed by atoms with E-state index in [1.54, 1.807) is 0 Å².